The molecule has 0 bridgehead atoms. The molecule has 0 spiro atoms. The number of carbonyl (C=O) groups is 1. The van der Waals surface area contributed by atoms with Gasteiger partial charge in [0.2, 0.25) is 5.91 Å². The molecule has 9 nitrogen and oxygen atoms in total. The molecule has 1 radical (unpaired) electrons. The summed E-state index contributed by atoms with van der Waals surface area (Å²) in [6.45, 7) is 2.63. The molecule has 32 heavy (non-hydrogen) atoms. The number of fused-ring (bicyclic) bond motifs is 1. The van der Waals surface area contributed by atoms with Gasteiger partial charge in [-0.15, -0.1) is 0 Å². The highest BCUT2D eigenvalue weighted by Crippen LogP contribution is 2.31. The van der Waals surface area contributed by atoms with Gasteiger partial charge in [-0.05, 0) is 60.9 Å². The van der Waals surface area contributed by atoms with Crippen molar-refractivity contribution in [2.75, 3.05) is 17.2 Å². The lowest BCUT2D eigenvalue weighted by molar-refractivity contribution is -0.121. The number of amides is 1. The van der Waals surface area contributed by atoms with Gasteiger partial charge in [0.1, 0.15) is 6.54 Å². The van der Waals surface area contributed by atoms with Crippen molar-refractivity contribution in [3.05, 3.63) is 60.4 Å². The second-order valence-electron chi connectivity index (χ2n) is 8.30. The number of amidine groups is 1. The number of anilines is 2. The van der Waals surface area contributed by atoms with Gasteiger partial charge in [0.25, 0.3) is 11.7 Å². The lowest BCUT2D eigenvalue weighted by atomic mass is 9.98. The van der Waals surface area contributed by atoms with Crippen molar-refractivity contribution in [2.45, 2.75) is 43.0 Å². The average Bonchev–Trinajstić information content (AvgIpc) is 3.51. The van der Waals surface area contributed by atoms with Crippen LogP contribution in [0.1, 0.15) is 31.4 Å². The zero-order valence-electron chi connectivity index (χ0n) is 17.8. The zero-order chi connectivity index (χ0) is 22.1. The smallest absolute Gasteiger partial charge is 0.285 e. The molecule has 2 aliphatic heterocycles. The number of benzene rings is 1. The SMILES string of the molecule is Cc1cc(NC2=CN(Sc3ccc(NC(=O)C4(N)CCCC4)cc3)CC3=NC=C[N+]23)n[nH]1. The van der Waals surface area contributed by atoms with E-state index < -0.39 is 5.54 Å². The summed E-state index contributed by atoms with van der Waals surface area (Å²) in [7, 11) is 0. The quantitative estimate of drug-likeness (QED) is 0.397. The van der Waals surface area contributed by atoms with Crippen molar-refractivity contribution >= 4 is 35.2 Å². The van der Waals surface area contributed by atoms with Gasteiger partial charge >= 0.3 is 0 Å². The van der Waals surface area contributed by atoms with Crippen LogP contribution in [0.15, 0.2) is 64.6 Å². The van der Waals surface area contributed by atoms with E-state index in [1.165, 1.54) is 0 Å². The van der Waals surface area contributed by atoms with Crippen LogP contribution in [0, 0.1) is 6.92 Å². The summed E-state index contributed by atoms with van der Waals surface area (Å²) < 4.78 is 2.12. The van der Waals surface area contributed by atoms with Crippen LogP contribution < -0.4 is 21.3 Å². The molecule has 0 saturated heterocycles. The minimum absolute atomic E-state index is 0.0921. The summed E-state index contributed by atoms with van der Waals surface area (Å²) in [5, 5.41) is 13.5. The van der Waals surface area contributed by atoms with Crippen LogP contribution in [0.5, 0.6) is 0 Å². The van der Waals surface area contributed by atoms with E-state index in [1.807, 2.05) is 54.6 Å². The number of nitrogens with one attached hydrogen (secondary N) is 3. The Morgan fingerprint density at radius 1 is 1.28 bits per heavy atom. The molecule has 2 aromatic rings. The minimum atomic E-state index is -0.732. The number of hydrogen-bond acceptors (Lipinski definition) is 8. The maximum absolute atomic E-state index is 12.5. The number of nitrogens with zero attached hydrogens (tertiary/aromatic N) is 4. The predicted molar refractivity (Wildman–Crippen MR) is 127 cm³/mol. The Hall–Kier alpha value is -3.08. The van der Waals surface area contributed by atoms with Crippen molar-refractivity contribution in [3.8, 4) is 0 Å². The van der Waals surface area contributed by atoms with Gasteiger partial charge in [0.05, 0.1) is 17.9 Å². The standard InChI is InChI=1S/C22H26N8OS/c1-15-12-18(28-27-15)26-20-14-29(13-19-24-10-11-30(19)20)32-17-6-4-16(5-7-17)25-21(31)22(23)8-2-3-9-22/h4-7,10-12,14H,2-3,8-9,13,23H2,1H3,(H,25,31)(H2,26,27,28)/q+1. The van der Waals surface area contributed by atoms with Gasteiger partial charge in [0.15, 0.2) is 12.0 Å². The third-order valence-corrected chi connectivity index (χ3v) is 6.74. The van der Waals surface area contributed by atoms with Gasteiger partial charge in [-0.2, -0.15) is 10.1 Å². The summed E-state index contributed by atoms with van der Waals surface area (Å²) in [6, 6.07) is 9.78. The van der Waals surface area contributed by atoms with Gasteiger partial charge in [-0.1, -0.05) is 12.8 Å². The lowest BCUT2D eigenvalue weighted by Crippen LogP contribution is -2.48. The fourth-order valence-corrected chi connectivity index (χ4v) is 4.90. The maximum Gasteiger partial charge on any atom is 0.285 e. The Morgan fingerprint density at radius 3 is 2.78 bits per heavy atom. The molecule has 5 rings (SSSR count). The van der Waals surface area contributed by atoms with E-state index >= 15 is 0 Å². The number of aromatic amines is 1. The molecule has 10 heteroatoms. The van der Waals surface area contributed by atoms with Crippen LogP contribution in [-0.4, -0.2) is 38.3 Å². The monoisotopic (exact) mass is 450 g/mol. The molecular weight excluding hydrogens is 424 g/mol. The Balaban J connectivity index is 1.26. The molecule has 3 heterocycles. The highest BCUT2D eigenvalue weighted by molar-refractivity contribution is 7.97. The van der Waals surface area contributed by atoms with E-state index in [1.54, 1.807) is 18.1 Å². The summed E-state index contributed by atoms with van der Waals surface area (Å²) in [6.07, 6.45) is 9.28. The molecule has 1 fully saturated rings. The number of H-pyrrole nitrogens is 1. The second-order valence-corrected chi connectivity index (χ2v) is 9.42. The number of nitrogens with two attached hydrogens (primary N) is 1. The third kappa shape index (κ3) is 4.29. The van der Waals surface area contributed by atoms with Crippen molar-refractivity contribution in [1.29, 1.82) is 0 Å². The molecule has 1 saturated carbocycles. The number of aryl methyl sites for hydroxylation is 1. The number of aromatic nitrogens is 2. The first-order valence-corrected chi connectivity index (χ1v) is 11.4. The van der Waals surface area contributed by atoms with E-state index in [4.69, 9.17) is 5.73 Å². The molecule has 5 N–H and O–H groups in total. The van der Waals surface area contributed by atoms with E-state index in [9.17, 15) is 4.79 Å². The lowest BCUT2D eigenvalue weighted by Gasteiger charge is -2.24. The number of aliphatic imine (C=N–C) groups is 1. The van der Waals surface area contributed by atoms with Crippen molar-refractivity contribution < 1.29 is 4.79 Å². The first-order valence-electron chi connectivity index (χ1n) is 10.7. The first kappa shape index (κ1) is 20.8. The van der Waals surface area contributed by atoms with E-state index in [0.717, 1.165) is 59.4 Å². The van der Waals surface area contributed by atoms with E-state index in [2.05, 4.69) is 30.1 Å². The Bertz CT molecular complexity index is 1100. The fourth-order valence-electron chi connectivity index (χ4n) is 4.04. The van der Waals surface area contributed by atoms with E-state index in [0.29, 0.717) is 6.54 Å². The normalized spacial score (nSPS) is 19.5. The highest BCUT2D eigenvalue weighted by atomic mass is 32.2. The summed E-state index contributed by atoms with van der Waals surface area (Å²) in [5.74, 6) is 2.46. The first-order chi connectivity index (χ1) is 15.5. The van der Waals surface area contributed by atoms with Gasteiger partial charge in [-0.25, -0.2) is 0 Å². The molecule has 1 aliphatic carbocycles. The Kier molecular flexibility index (Phi) is 5.50. The number of rotatable bonds is 6. The van der Waals surface area contributed by atoms with Gasteiger partial charge in [-0.3, -0.25) is 19.5 Å². The second kappa shape index (κ2) is 8.45. The van der Waals surface area contributed by atoms with Gasteiger partial charge < -0.3 is 11.1 Å². The van der Waals surface area contributed by atoms with E-state index in [-0.39, 0.29) is 5.91 Å². The third-order valence-electron chi connectivity index (χ3n) is 5.79. The van der Waals surface area contributed by atoms with Crippen molar-refractivity contribution in [3.63, 3.8) is 0 Å². The van der Waals surface area contributed by atoms with Crippen molar-refractivity contribution in [2.24, 2.45) is 10.7 Å². The predicted octanol–water partition coefficient (Wildman–Crippen LogP) is 3.19. The molecule has 0 unspecified atom stereocenters. The van der Waals surface area contributed by atoms with Crippen LogP contribution in [0.25, 0.3) is 0 Å². The molecule has 165 valence electrons. The molecule has 1 aromatic carbocycles. The molecule has 1 amide bonds. The van der Waals surface area contributed by atoms with Crippen LogP contribution in [0.4, 0.5) is 11.5 Å². The van der Waals surface area contributed by atoms with Crippen LogP contribution in [0.2, 0.25) is 0 Å². The van der Waals surface area contributed by atoms with Crippen LogP contribution in [-0.2, 0) is 4.79 Å². The largest absolute Gasteiger partial charge is 0.324 e. The summed E-state index contributed by atoms with van der Waals surface area (Å²) >= 11 is 1.60. The molecule has 3 aliphatic rings. The van der Waals surface area contributed by atoms with Crippen LogP contribution >= 0.6 is 11.9 Å². The Labute approximate surface area is 191 Å². The maximum atomic E-state index is 12.5. The van der Waals surface area contributed by atoms with Crippen molar-refractivity contribution in [1.82, 2.24) is 19.4 Å². The summed E-state index contributed by atoms with van der Waals surface area (Å²) in [4.78, 5) is 20.1. The van der Waals surface area contributed by atoms with Gasteiger partial charge in [0, 0.05) is 22.3 Å². The Morgan fingerprint density at radius 2 is 2.06 bits per heavy atom. The number of carbonyl (C=O) groups excluding carboxylic acids is 1. The average molecular weight is 451 g/mol. The topological polar surface area (TPSA) is 117 Å². The minimum Gasteiger partial charge on any atom is -0.324 e. The fraction of sp³-hybridized carbons (Fsp3) is 0.318. The van der Waals surface area contributed by atoms with Crippen LogP contribution in [0.3, 0.4) is 0 Å². The summed E-state index contributed by atoms with van der Waals surface area (Å²) in [5.41, 5.74) is 7.27. The number of hydrogen-bond donors (Lipinski definition) is 4. The zero-order valence-corrected chi connectivity index (χ0v) is 18.7. The molecule has 0 atom stereocenters. The molecule has 1 aromatic heterocycles. The highest BCUT2D eigenvalue weighted by Gasteiger charge is 2.38. The molecular formula is C22H26N8OS+.